The number of nitrogens with one attached hydrogen (secondary N) is 1. The lowest BCUT2D eigenvalue weighted by Gasteiger charge is -2.38. The number of benzene rings is 4. The van der Waals surface area contributed by atoms with Crippen molar-refractivity contribution < 1.29 is 23.9 Å². The minimum Gasteiger partial charge on any atom is -0.497 e. The number of anilines is 1. The number of carbonyl (C=O) groups excluding carboxylic acids is 3. The summed E-state index contributed by atoms with van der Waals surface area (Å²) in [6.45, 7) is 0. The normalized spacial score (nSPS) is 23.1. The zero-order valence-electron chi connectivity index (χ0n) is 23.1. The van der Waals surface area contributed by atoms with E-state index in [2.05, 4.69) is 5.32 Å². The van der Waals surface area contributed by atoms with Gasteiger partial charge in [-0.1, -0.05) is 72.8 Å². The Morgan fingerprint density at radius 2 is 1.57 bits per heavy atom. The van der Waals surface area contributed by atoms with E-state index < -0.39 is 23.4 Å². The van der Waals surface area contributed by atoms with Gasteiger partial charge in [-0.2, -0.15) is 0 Å². The van der Waals surface area contributed by atoms with Crippen LogP contribution in [0.1, 0.15) is 43.4 Å². The van der Waals surface area contributed by atoms with Crippen LogP contribution in [-0.2, 0) is 10.2 Å². The highest BCUT2D eigenvalue weighted by Crippen LogP contribution is 2.62. The fourth-order valence-electron chi connectivity index (χ4n) is 7.11. The lowest BCUT2D eigenvalue weighted by atomic mass is 9.62. The number of ketones is 2. The van der Waals surface area contributed by atoms with Gasteiger partial charge >= 0.3 is 0 Å². The van der Waals surface area contributed by atoms with Crippen molar-refractivity contribution in [1.82, 2.24) is 4.90 Å². The van der Waals surface area contributed by atoms with Crippen molar-refractivity contribution in [1.29, 1.82) is 0 Å². The van der Waals surface area contributed by atoms with Gasteiger partial charge in [-0.25, -0.2) is 0 Å². The topological polar surface area (TPSA) is 84.9 Å². The summed E-state index contributed by atoms with van der Waals surface area (Å²) in [7, 11) is 3.03. The van der Waals surface area contributed by atoms with Gasteiger partial charge in [-0.15, -0.1) is 0 Å². The van der Waals surface area contributed by atoms with Crippen LogP contribution in [0.25, 0.3) is 6.08 Å². The second-order valence-electron chi connectivity index (χ2n) is 10.7. The van der Waals surface area contributed by atoms with Gasteiger partial charge in [0.15, 0.2) is 11.6 Å². The molecule has 7 nitrogen and oxygen atoms in total. The maximum atomic E-state index is 15.0. The van der Waals surface area contributed by atoms with Gasteiger partial charge in [0.25, 0.3) is 0 Å². The summed E-state index contributed by atoms with van der Waals surface area (Å²) < 4.78 is 11.0. The van der Waals surface area contributed by atoms with Crippen LogP contribution in [0.15, 0.2) is 103 Å². The van der Waals surface area contributed by atoms with Crippen molar-refractivity contribution in [3.63, 3.8) is 0 Å². The summed E-state index contributed by atoms with van der Waals surface area (Å²) in [6, 6.07) is 27.7. The predicted octanol–water partition coefficient (Wildman–Crippen LogP) is 5.69. The summed E-state index contributed by atoms with van der Waals surface area (Å²) in [6.07, 6.45) is 3.82. The van der Waals surface area contributed by atoms with E-state index in [1.807, 2.05) is 71.8 Å². The third kappa shape index (κ3) is 3.49. The molecule has 1 saturated heterocycles. The first-order valence-corrected chi connectivity index (χ1v) is 13.8. The Morgan fingerprint density at radius 1 is 0.833 bits per heavy atom. The van der Waals surface area contributed by atoms with Gasteiger partial charge in [-0.3, -0.25) is 14.4 Å². The summed E-state index contributed by atoms with van der Waals surface area (Å²) in [4.78, 5) is 46.1. The molecule has 4 aromatic rings. The fraction of sp³-hybridized carbons (Fsp3) is 0.171. The summed E-state index contributed by atoms with van der Waals surface area (Å²) in [5.41, 5.74) is 2.51. The van der Waals surface area contributed by atoms with Crippen molar-refractivity contribution in [2.24, 2.45) is 5.92 Å². The smallest absolute Gasteiger partial charge is 0.238 e. The number of methoxy groups -OCH3 is 2. The van der Waals surface area contributed by atoms with Crippen LogP contribution in [0.4, 0.5) is 5.69 Å². The monoisotopic (exact) mass is 556 g/mol. The predicted molar refractivity (Wildman–Crippen MR) is 159 cm³/mol. The maximum Gasteiger partial charge on any atom is 0.238 e. The first-order chi connectivity index (χ1) is 20.5. The van der Waals surface area contributed by atoms with Crippen molar-refractivity contribution in [3.05, 3.63) is 131 Å². The molecule has 1 spiro atoms. The van der Waals surface area contributed by atoms with E-state index in [4.69, 9.17) is 9.47 Å². The molecule has 4 aromatic carbocycles. The lowest BCUT2D eigenvalue weighted by molar-refractivity contribution is -0.122. The molecule has 0 unspecified atom stereocenters. The van der Waals surface area contributed by atoms with E-state index in [1.165, 1.54) is 7.11 Å². The number of hydrogen-bond donors (Lipinski definition) is 1. The Kier molecular flexibility index (Phi) is 5.97. The largest absolute Gasteiger partial charge is 0.497 e. The molecular weight excluding hydrogens is 528 g/mol. The van der Waals surface area contributed by atoms with Gasteiger partial charge in [0, 0.05) is 23.5 Å². The number of fused-ring (bicyclic) bond motifs is 6. The lowest BCUT2D eigenvalue weighted by Crippen LogP contribution is -2.49. The molecule has 42 heavy (non-hydrogen) atoms. The Bertz CT molecular complexity index is 1780. The molecule has 3 aliphatic rings. The average molecular weight is 557 g/mol. The second kappa shape index (κ2) is 9.73. The molecule has 7 rings (SSSR count). The summed E-state index contributed by atoms with van der Waals surface area (Å²) in [5, 5.41) is 3.07. The molecule has 0 bridgehead atoms. The van der Waals surface area contributed by atoms with E-state index in [0.29, 0.717) is 28.3 Å². The summed E-state index contributed by atoms with van der Waals surface area (Å²) in [5.74, 6) is -1.14. The van der Waals surface area contributed by atoms with E-state index in [-0.39, 0.29) is 23.0 Å². The molecule has 1 fully saturated rings. The molecule has 0 radical (unpaired) electrons. The van der Waals surface area contributed by atoms with Crippen LogP contribution >= 0.6 is 0 Å². The van der Waals surface area contributed by atoms with E-state index in [1.54, 1.807) is 49.6 Å². The zero-order valence-corrected chi connectivity index (χ0v) is 23.1. The van der Waals surface area contributed by atoms with Crippen molar-refractivity contribution in [3.8, 4) is 11.5 Å². The third-order valence-corrected chi connectivity index (χ3v) is 8.85. The Labute approximate surface area is 243 Å². The number of amides is 1. The minimum atomic E-state index is -1.41. The van der Waals surface area contributed by atoms with Crippen LogP contribution in [-0.4, -0.2) is 42.6 Å². The van der Waals surface area contributed by atoms with Crippen LogP contribution in [0.5, 0.6) is 11.5 Å². The molecule has 0 saturated carbocycles. The van der Waals surface area contributed by atoms with Gasteiger partial charge < -0.3 is 19.7 Å². The molecule has 0 aliphatic carbocycles. The van der Waals surface area contributed by atoms with Gasteiger partial charge in [0.05, 0.1) is 31.7 Å². The molecule has 3 heterocycles. The number of para-hydroxylation sites is 1. The second-order valence-corrected chi connectivity index (χ2v) is 10.7. The van der Waals surface area contributed by atoms with Gasteiger partial charge in [-0.05, 0) is 41.0 Å². The fourth-order valence-corrected chi connectivity index (χ4v) is 7.11. The molecule has 3 aliphatic heterocycles. The molecule has 0 aromatic heterocycles. The van der Waals surface area contributed by atoms with E-state index in [9.17, 15) is 9.59 Å². The molecule has 1 amide bonds. The van der Waals surface area contributed by atoms with Crippen LogP contribution in [0.2, 0.25) is 0 Å². The van der Waals surface area contributed by atoms with E-state index >= 15 is 4.79 Å². The quantitative estimate of drug-likeness (QED) is 0.308. The average Bonchev–Trinajstić information content (AvgIpc) is 3.52. The first-order valence-electron chi connectivity index (χ1n) is 13.8. The zero-order chi connectivity index (χ0) is 29.0. The SMILES string of the molecule is COc1ccc(C(=O)[C@@H]2[C@H](C(=O)c3ccccc3)N3C=Cc4ccccc4[C@@H]3[C@]23C(=O)Nc2ccccc23)c(OC)c1. The Hall–Kier alpha value is -5.17. The first kappa shape index (κ1) is 25.8. The number of hydrogen-bond acceptors (Lipinski definition) is 6. The summed E-state index contributed by atoms with van der Waals surface area (Å²) >= 11 is 0. The Balaban J connectivity index is 1.54. The van der Waals surface area contributed by atoms with Gasteiger partial charge in [0.1, 0.15) is 23.0 Å². The highest BCUT2D eigenvalue weighted by Gasteiger charge is 2.70. The molecule has 7 heteroatoms. The maximum absolute atomic E-state index is 15.0. The van der Waals surface area contributed by atoms with Crippen LogP contribution in [0, 0.1) is 5.92 Å². The van der Waals surface area contributed by atoms with Crippen molar-refractivity contribution in [2.45, 2.75) is 17.5 Å². The number of rotatable bonds is 6. The highest BCUT2D eigenvalue weighted by atomic mass is 16.5. The number of nitrogens with zero attached hydrogens (tertiary/aromatic N) is 1. The molecule has 4 atom stereocenters. The number of carbonyl (C=O) groups is 3. The highest BCUT2D eigenvalue weighted by molar-refractivity contribution is 6.17. The van der Waals surface area contributed by atoms with Crippen LogP contribution in [0.3, 0.4) is 0 Å². The molecule has 1 N–H and O–H groups in total. The standard InChI is InChI=1S/C35H28N2O5/c1-41-23-16-17-25(28(20-23)42-2)32(39)29-30(31(38)22-11-4-3-5-12-22)37-19-18-21-10-6-7-13-24(21)33(37)35(29)26-14-8-9-15-27(26)36-34(35)40/h3-20,29-30,33H,1-2H3,(H,36,40)/t29-,30+,33+,35+/m0/s1. The van der Waals surface area contributed by atoms with Crippen molar-refractivity contribution >= 4 is 29.2 Å². The van der Waals surface area contributed by atoms with Gasteiger partial charge in [0.2, 0.25) is 5.91 Å². The van der Waals surface area contributed by atoms with Crippen molar-refractivity contribution in [2.75, 3.05) is 19.5 Å². The number of Topliss-reactive ketones (excluding diaryl/α,β-unsaturated/α-hetero) is 2. The molecular formula is C35H28N2O5. The van der Waals surface area contributed by atoms with E-state index in [0.717, 1.165) is 11.1 Å². The van der Waals surface area contributed by atoms with Crippen LogP contribution < -0.4 is 14.8 Å². The molecule has 208 valence electrons. The number of ether oxygens (including phenoxy) is 2. The third-order valence-electron chi connectivity index (χ3n) is 8.85. The minimum absolute atomic E-state index is 0.232. The Morgan fingerprint density at radius 3 is 2.36 bits per heavy atom.